The SMILES string of the molecule is CC1CCc2nc(NC(=O)c3cc(S(=O)(=O)N(C)C)ccc3Cl)sc2C1. The van der Waals surface area contributed by atoms with E-state index in [-0.39, 0.29) is 15.5 Å². The minimum atomic E-state index is -3.65. The van der Waals surface area contributed by atoms with Gasteiger partial charge in [-0.05, 0) is 43.4 Å². The van der Waals surface area contributed by atoms with Crippen LogP contribution in [0.25, 0.3) is 0 Å². The maximum atomic E-state index is 12.6. The van der Waals surface area contributed by atoms with Crippen LogP contribution >= 0.6 is 22.9 Å². The summed E-state index contributed by atoms with van der Waals surface area (Å²) < 4.78 is 25.7. The lowest BCUT2D eigenvalue weighted by Gasteiger charge is -2.15. The molecule has 1 unspecified atom stereocenters. The van der Waals surface area contributed by atoms with Crippen molar-refractivity contribution in [3.8, 4) is 0 Å². The van der Waals surface area contributed by atoms with E-state index in [1.54, 1.807) is 0 Å². The molecule has 26 heavy (non-hydrogen) atoms. The zero-order valence-electron chi connectivity index (χ0n) is 14.7. The van der Waals surface area contributed by atoms with Crippen LogP contribution in [0.2, 0.25) is 5.02 Å². The average Bonchev–Trinajstić information content (AvgIpc) is 2.95. The lowest BCUT2D eigenvalue weighted by Crippen LogP contribution is -2.23. The highest BCUT2D eigenvalue weighted by Gasteiger charge is 2.23. The lowest BCUT2D eigenvalue weighted by atomic mass is 9.93. The topological polar surface area (TPSA) is 79.4 Å². The van der Waals surface area contributed by atoms with E-state index >= 15 is 0 Å². The van der Waals surface area contributed by atoms with E-state index in [9.17, 15) is 13.2 Å². The third kappa shape index (κ3) is 3.78. The Hall–Kier alpha value is -1.48. The number of sulfonamides is 1. The highest BCUT2D eigenvalue weighted by Crippen LogP contribution is 2.32. The molecule has 9 heteroatoms. The number of nitrogens with one attached hydrogen (secondary N) is 1. The zero-order valence-corrected chi connectivity index (χ0v) is 17.1. The van der Waals surface area contributed by atoms with Gasteiger partial charge in [0.15, 0.2) is 5.13 Å². The first-order valence-corrected chi connectivity index (χ1v) is 10.8. The van der Waals surface area contributed by atoms with Gasteiger partial charge < -0.3 is 0 Å². The van der Waals surface area contributed by atoms with Crippen molar-refractivity contribution in [3.63, 3.8) is 0 Å². The largest absolute Gasteiger partial charge is 0.298 e. The van der Waals surface area contributed by atoms with E-state index in [4.69, 9.17) is 11.6 Å². The molecule has 1 aliphatic rings. The number of aryl methyl sites for hydroxylation is 1. The molecule has 0 aliphatic heterocycles. The van der Waals surface area contributed by atoms with Gasteiger partial charge in [-0.3, -0.25) is 10.1 Å². The number of carbonyl (C=O) groups excluding carboxylic acids is 1. The van der Waals surface area contributed by atoms with Crippen molar-refractivity contribution >= 4 is 44.0 Å². The normalized spacial score (nSPS) is 17.2. The monoisotopic (exact) mass is 413 g/mol. The van der Waals surface area contributed by atoms with Gasteiger partial charge in [-0.1, -0.05) is 18.5 Å². The van der Waals surface area contributed by atoms with Gasteiger partial charge in [-0.2, -0.15) is 0 Å². The Morgan fingerprint density at radius 2 is 2.12 bits per heavy atom. The molecule has 1 amide bonds. The van der Waals surface area contributed by atoms with Crippen LogP contribution in [-0.2, 0) is 22.9 Å². The quantitative estimate of drug-likeness (QED) is 0.832. The van der Waals surface area contributed by atoms with Gasteiger partial charge in [0, 0.05) is 19.0 Å². The molecule has 1 aromatic heterocycles. The van der Waals surface area contributed by atoms with Gasteiger partial charge in [-0.15, -0.1) is 11.3 Å². The zero-order chi connectivity index (χ0) is 19.1. The van der Waals surface area contributed by atoms with Crippen molar-refractivity contribution in [1.29, 1.82) is 0 Å². The van der Waals surface area contributed by atoms with E-state index < -0.39 is 15.9 Å². The number of rotatable bonds is 4. The number of anilines is 1. The predicted molar refractivity (Wildman–Crippen MR) is 104 cm³/mol. The molecule has 0 saturated carbocycles. The number of hydrogen-bond donors (Lipinski definition) is 1. The molecule has 1 aromatic carbocycles. The van der Waals surface area contributed by atoms with Gasteiger partial charge in [0.05, 0.1) is 21.2 Å². The number of nitrogens with zero attached hydrogens (tertiary/aromatic N) is 2. The van der Waals surface area contributed by atoms with E-state index in [1.807, 2.05) is 0 Å². The maximum absolute atomic E-state index is 12.6. The number of hydrogen-bond acceptors (Lipinski definition) is 5. The number of benzene rings is 1. The summed E-state index contributed by atoms with van der Waals surface area (Å²) in [6.07, 6.45) is 2.99. The van der Waals surface area contributed by atoms with Crippen molar-refractivity contribution in [1.82, 2.24) is 9.29 Å². The molecule has 1 aliphatic carbocycles. The van der Waals surface area contributed by atoms with Crippen molar-refractivity contribution in [3.05, 3.63) is 39.4 Å². The summed E-state index contributed by atoms with van der Waals surface area (Å²) in [5.41, 5.74) is 1.15. The first-order valence-electron chi connectivity index (χ1n) is 8.20. The molecule has 3 rings (SSSR count). The van der Waals surface area contributed by atoms with Crippen LogP contribution in [0.1, 0.15) is 34.3 Å². The van der Waals surface area contributed by atoms with E-state index in [0.29, 0.717) is 11.0 Å². The first kappa shape index (κ1) is 19.3. The molecule has 0 spiro atoms. The summed E-state index contributed by atoms with van der Waals surface area (Å²) in [5.74, 6) is 0.152. The molecule has 140 valence electrons. The fraction of sp³-hybridized carbons (Fsp3) is 0.412. The second-order valence-electron chi connectivity index (χ2n) is 6.62. The standard InChI is InChI=1S/C17H20ClN3O3S2/c1-10-4-7-14-15(8-10)25-17(19-14)20-16(22)12-9-11(5-6-13(12)18)26(23,24)21(2)3/h5-6,9-10H,4,7-8H2,1-3H3,(H,19,20,22). The number of halogens is 1. The van der Waals surface area contributed by atoms with Crippen molar-refractivity contribution in [2.75, 3.05) is 19.4 Å². The number of fused-ring (bicyclic) bond motifs is 1. The molecule has 0 saturated heterocycles. The summed E-state index contributed by atoms with van der Waals surface area (Å²) in [6, 6.07) is 4.10. The van der Waals surface area contributed by atoms with Gasteiger partial charge in [0.25, 0.3) is 5.91 Å². The van der Waals surface area contributed by atoms with Crippen LogP contribution in [0.5, 0.6) is 0 Å². The molecular weight excluding hydrogens is 394 g/mol. The minimum absolute atomic E-state index is 0.0179. The van der Waals surface area contributed by atoms with Crippen LogP contribution in [0, 0.1) is 5.92 Å². The Labute approximate surface area is 162 Å². The van der Waals surface area contributed by atoms with E-state index in [1.165, 1.54) is 48.5 Å². The Kier molecular flexibility index (Phi) is 5.39. The number of carbonyl (C=O) groups is 1. The number of amides is 1. The number of aromatic nitrogens is 1. The smallest absolute Gasteiger partial charge is 0.259 e. The molecule has 0 bridgehead atoms. The molecule has 1 N–H and O–H groups in total. The van der Waals surface area contributed by atoms with Crippen molar-refractivity contribution in [2.45, 2.75) is 31.1 Å². The third-order valence-electron chi connectivity index (χ3n) is 4.37. The summed E-state index contributed by atoms with van der Waals surface area (Å²) in [7, 11) is -0.779. The van der Waals surface area contributed by atoms with Crippen molar-refractivity contribution < 1.29 is 13.2 Å². The average molecular weight is 414 g/mol. The highest BCUT2D eigenvalue weighted by molar-refractivity contribution is 7.89. The Morgan fingerprint density at radius 1 is 1.38 bits per heavy atom. The van der Waals surface area contributed by atoms with Gasteiger partial charge in [0.2, 0.25) is 10.0 Å². The van der Waals surface area contributed by atoms with Gasteiger partial charge in [0.1, 0.15) is 0 Å². The summed E-state index contributed by atoms with van der Waals surface area (Å²) in [5, 5.41) is 3.46. The molecule has 0 fully saturated rings. The Morgan fingerprint density at radius 3 is 2.81 bits per heavy atom. The van der Waals surface area contributed by atoms with Crippen LogP contribution < -0.4 is 5.32 Å². The second kappa shape index (κ2) is 7.26. The first-order chi connectivity index (χ1) is 12.2. The van der Waals surface area contributed by atoms with Gasteiger partial charge in [-0.25, -0.2) is 17.7 Å². The molecule has 1 atom stereocenters. The van der Waals surface area contributed by atoms with Crippen molar-refractivity contribution in [2.24, 2.45) is 5.92 Å². The van der Waals surface area contributed by atoms with E-state index in [0.717, 1.165) is 29.3 Å². The Balaban J connectivity index is 1.86. The van der Waals surface area contributed by atoms with E-state index in [2.05, 4.69) is 17.2 Å². The van der Waals surface area contributed by atoms with Crippen LogP contribution in [0.3, 0.4) is 0 Å². The van der Waals surface area contributed by atoms with Crippen LogP contribution in [0.15, 0.2) is 23.1 Å². The fourth-order valence-corrected chi connectivity index (χ4v) is 5.11. The Bertz CT molecular complexity index is 954. The van der Waals surface area contributed by atoms with Crippen LogP contribution in [0.4, 0.5) is 5.13 Å². The maximum Gasteiger partial charge on any atom is 0.259 e. The summed E-state index contributed by atoms with van der Waals surface area (Å²) in [4.78, 5) is 18.3. The lowest BCUT2D eigenvalue weighted by molar-refractivity contribution is 0.102. The molecule has 6 nitrogen and oxygen atoms in total. The predicted octanol–water partition coefficient (Wildman–Crippen LogP) is 3.42. The molecule has 1 heterocycles. The second-order valence-corrected chi connectivity index (χ2v) is 10.3. The summed E-state index contributed by atoms with van der Waals surface area (Å²) >= 11 is 7.59. The summed E-state index contributed by atoms with van der Waals surface area (Å²) in [6.45, 7) is 2.21. The fourth-order valence-electron chi connectivity index (χ4n) is 2.81. The van der Waals surface area contributed by atoms with Crippen LogP contribution in [-0.4, -0.2) is 37.7 Å². The molecular formula is C17H20ClN3O3S2. The van der Waals surface area contributed by atoms with Gasteiger partial charge >= 0.3 is 0 Å². The number of thiazole rings is 1. The third-order valence-corrected chi connectivity index (χ3v) is 7.54. The minimum Gasteiger partial charge on any atom is -0.298 e. The molecule has 2 aromatic rings. The molecule has 0 radical (unpaired) electrons. The highest BCUT2D eigenvalue weighted by atomic mass is 35.5.